The maximum atomic E-state index is 10.6. The Bertz CT molecular complexity index is 738. The maximum absolute atomic E-state index is 10.6. The van der Waals surface area contributed by atoms with Crippen LogP contribution < -0.4 is 5.32 Å². The van der Waals surface area contributed by atoms with E-state index in [-0.39, 0.29) is 5.88 Å². The van der Waals surface area contributed by atoms with Crippen LogP contribution in [-0.4, -0.2) is 15.1 Å². The van der Waals surface area contributed by atoms with Crippen molar-refractivity contribution in [1.82, 2.24) is 10.2 Å². The Morgan fingerprint density at radius 2 is 1.95 bits per heavy atom. The average Bonchev–Trinajstić information content (AvgIpc) is 3.08. The van der Waals surface area contributed by atoms with E-state index < -0.39 is 4.92 Å². The molecule has 0 spiro atoms. The number of nitro groups is 1. The van der Waals surface area contributed by atoms with Crippen LogP contribution in [0.25, 0.3) is 10.8 Å². The highest BCUT2D eigenvalue weighted by Gasteiger charge is 2.16. The number of hydrogen-bond donors (Lipinski definition) is 1. The van der Waals surface area contributed by atoms with Gasteiger partial charge in [-0.1, -0.05) is 29.5 Å². The van der Waals surface area contributed by atoms with E-state index in [9.17, 15) is 10.1 Å². The van der Waals surface area contributed by atoms with Gasteiger partial charge in [-0.2, -0.15) is 0 Å². The molecule has 1 aromatic carbocycles. The average molecular weight is 288 g/mol. The molecular weight excluding hydrogens is 280 g/mol. The molecule has 0 unspecified atom stereocenters. The van der Waals surface area contributed by atoms with Gasteiger partial charge in [0.1, 0.15) is 4.92 Å². The Morgan fingerprint density at radius 3 is 2.65 bits per heavy atom. The number of para-hydroxylation sites is 1. The molecule has 2 aromatic heterocycles. The van der Waals surface area contributed by atoms with Crippen LogP contribution in [0, 0.1) is 10.1 Å². The molecule has 3 aromatic rings. The number of anilines is 2. The fourth-order valence-electron chi connectivity index (χ4n) is 1.56. The summed E-state index contributed by atoms with van der Waals surface area (Å²) in [7, 11) is 0. The molecule has 0 saturated carbocycles. The van der Waals surface area contributed by atoms with Crippen LogP contribution in [0.4, 0.5) is 16.7 Å². The number of aromatic nitrogens is 2. The van der Waals surface area contributed by atoms with Crippen LogP contribution in [0.5, 0.6) is 0 Å². The van der Waals surface area contributed by atoms with E-state index in [0.717, 1.165) is 5.69 Å². The van der Waals surface area contributed by atoms with Gasteiger partial charge in [0.2, 0.25) is 5.13 Å². The lowest BCUT2D eigenvalue weighted by Gasteiger charge is -1.99. The summed E-state index contributed by atoms with van der Waals surface area (Å²) in [5.74, 6) is 0.0167. The fourth-order valence-corrected chi connectivity index (χ4v) is 2.28. The molecule has 100 valence electrons. The summed E-state index contributed by atoms with van der Waals surface area (Å²) in [6, 6.07) is 12.3. The summed E-state index contributed by atoms with van der Waals surface area (Å²) >= 11 is 1.26. The van der Waals surface area contributed by atoms with E-state index in [2.05, 4.69) is 15.5 Å². The second-order valence-electron chi connectivity index (χ2n) is 3.80. The number of nitrogens with one attached hydrogen (secondary N) is 1. The van der Waals surface area contributed by atoms with Crippen molar-refractivity contribution in [1.29, 1.82) is 0 Å². The van der Waals surface area contributed by atoms with Gasteiger partial charge in [0, 0.05) is 5.69 Å². The number of hydrogen-bond acceptors (Lipinski definition) is 7. The molecule has 8 heteroatoms. The lowest BCUT2D eigenvalue weighted by atomic mass is 10.3. The molecule has 20 heavy (non-hydrogen) atoms. The maximum Gasteiger partial charge on any atom is 0.433 e. The summed E-state index contributed by atoms with van der Waals surface area (Å²) in [5, 5.41) is 22.6. The molecular formula is C12H8N4O3S. The van der Waals surface area contributed by atoms with Gasteiger partial charge in [-0.05, 0) is 18.2 Å². The molecule has 0 saturated heterocycles. The Morgan fingerprint density at radius 1 is 1.15 bits per heavy atom. The monoisotopic (exact) mass is 288 g/mol. The molecule has 0 aliphatic heterocycles. The summed E-state index contributed by atoms with van der Waals surface area (Å²) in [6.07, 6.45) is 0. The van der Waals surface area contributed by atoms with Gasteiger partial charge in [-0.25, -0.2) is 0 Å². The first-order valence-electron chi connectivity index (χ1n) is 5.62. The highest BCUT2D eigenvalue weighted by Crippen LogP contribution is 2.31. The predicted octanol–water partition coefficient (Wildman–Crippen LogP) is 3.45. The third-order valence-corrected chi connectivity index (χ3v) is 3.29. The largest absolute Gasteiger partial charge is 0.433 e. The first-order valence-corrected chi connectivity index (χ1v) is 6.44. The zero-order valence-electron chi connectivity index (χ0n) is 10.0. The molecule has 0 atom stereocenters. The van der Waals surface area contributed by atoms with Gasteiger partial charge < -0.3 is 9.73 Å². The van der Waals surface area contributed by atoms with Crippen LogP contribution in [0.15, 0.2) is 46.9 Å². The van der Waals surface area contributed by atoms with Crippen molar-refractivity contribution in [3.05, 3.63) is 52.6 Å². The number of benzene rings is 1. The van der Waals surface area contributed by atoms with Gasteiger partial charge in [0.15, 0.2) is 10.8 Å². The highest BCUT2D eigenvalue weighted by molar-refractivity contribution is 7.18. The summed E-state index contributed by atoms with van der Waals surface area (Å²) < 4.78 is 5.08. The van der Waals surface area contributed by atoms with Gasteiger partial charge in [0.25, 0.3) is 0 Å². The van der Waals surface area contributed by atoms with E-state index in [0.29, 0.717) is 15.9 Å². The summed E-state index contributed by atoms with van der Waals surface area (Å²) in [4.78, 5) is 9.97. The van der Waals surface area contributed by atoms with Gasteiger partial charge >= 0.3 is 5.88 Å². The van der Waals surface area contributed by atoms with Crippen LogP contribution in [0.1, 0.15) is 0 Å². The van der Waals surface area contributed by atoms with Crippen LogP contribution in [0.2, 0.25) is 0 Å². The predicted molar refractivity (Wildman–Crippen MR) is 74.0 cm³/mol. The van der Waals surface area contributed by atoms with Gasteiger partial charge in [-0.3, -0.25) is 10.1 Å². The number of furan rings is 1. The minimum absolute atomic E-state index is 0.312. The Hall–Kier alpha value is -2.74. The number of rotatable bonds is 4. The molecule has 0 aliphatic rings. The van der Waals surface area contributed by atoms with Crippen molar-refractivity contribution in [3.63, 3.8) is 0 Å². The molecule has 0 radical (unpaired) electrons. The smallest absolute Gasteiger partial charge is 0.398 e. The number of nitrogens with zero attached hydrogens (tertiary/aromatic N) is 3. The van der Waals surface area contributed by atoms with Crippen LogP contribution >= 0.6 is 11.3 Å². The van der Waals surface area contributed by atoms with Crippen molar-refractivity contribution in [2.75, 3.05) is 5.32 Å². The van der Waals surface area contributed by atoms with Crippen molar-refractivity contribution in [2.45, 2.75) is 0 Å². The topological polar surface area (TPSA) is 94.1 Å². The van der Waals surface area contributed by atoms with E-state index in [1.54, 1.807) is 0 Å². The van der Waals surface area contributed by atoms with Crippen LogP contribution in [0.3, 0.4) is 0 Å². The lowest BCUT2D eigenvalue weighted by Crippen LogP contribution is -1.87. The normalized spacial score (nSPS) is 10.4. The first kappa shape index (κ1) is 12.3. The van der Waals surface area contributed by atoms with Crippen molar-refractivity contribution in [3.8, 4) is 10.8 Å². The Kier molecular flexibility index (Phi) is 3.13. The second kappa shape index (κ2) is 5.10. The first-order chi connectivity index (χ1) is 9.72. The van der Waals surface area contributed by atoms with Crippen molar-refractivity contribution >= 4 is 28.0 Å². The molecule has 2 heterocycles. The standard InChI is InChI=1S/C12H8N4O3S/c17-16(18)10-7-6-9(19-10)11-14-15-12(20-11)13-8-4-2-1-3-5-8/h1-7H,(H,13,15). The Labute approximate surface area is 117 Å². The summed E-state index contributed by atoms with van der Waals surface area (Å²) in [6.45, 7) is 0. The van der Waals surface area contributed by atoms with E-state index in [1.807, 2.05) is 30.3 Å². The molecule has 3 rings (SSSR count). The molecule has 0 fully saturated rings. The van der Waals surface area contributed by atoms with E-state index >= 15 is 0 Å². The van der Waals surface area contributed by atoms with E-state index in [1.165, 1.54) is 23.5 Å². The minimum Gasteiger partial charge on any atom is -0.398 e. The zero-order valence-corrected chi connectivity index (χ0v) is 10.8. The zero-order chi connectivity index (χ0) is 13.9. The third kappa shape index (κ3) is 2.50. The van der Waals surface area contributed by atoms with Crippen molar-refractivity contribution < 1.29 is 9.34 Å². The molecule has 0 aliphatic carbocycles. The molecule has 1 N–H and O–H groups in total. The van der Waals surface area contributed by atoms with Gasteiger partial charge in [-0.15, -0.1) is 10.2 Å². The van der Waals surface area contributed by atoms with Crippen LogP contribution in [-0.2, 0) is 0 Å². The minimum atomic E-state index is -0.590. The van der Waals surface area contributed by atoms with E-state index in [4.69, 9.17) is 4.42 Å². The fraction of sp³-hybridized carbons (Fsp3) is 0. The van der Waals surface area contributed by atoms with Gasteiger partial charge in [0.05, 0.1) is 6.07 Å². The highest BCUT2D eigenvalue weighted by atomic mass is 32.1. The third-order valence-electron chi connectivity index (χ3n) is 2.43. The molecule has 0 bridgehead atoms. The molecule has 7 nitrogen and oxygen atoms in total. The quantitative estimate of drug-likeness (QED) is 0.583. The lowest BCUT2D eigenvalue weighted by molar-refractivity contribution is -0.401. The summed E-state index contributed by atoms with van der Waals surface area (Å²) in [5.41, 5.74) is 0.889. The SMILES string of the molecule is O=[N+]([O-])c1ccc(-c2nnc(Nc3ccccc3)s2)o1. The molecule has 0 amide bonds. The van der Waals surface area contributed by atoms with Crippen molar-refractivity contribution in [2.24, 2.45) is 0 Å². The Balaban J connectivity index is 1.81. The second-order valence-corrected chi connectivity index (χ2v) is 4.78.